The Bertz CT molecular complexity index is 3620. The van der Waals surface area contributed by atoms with Crippen molar-refractivity contribution < 1.29 is 0 Å². The predicted molar refractivity (Wildman–Crippen MR) is 268 cm³/mol. The molecule has 0 aliphatic carbocycles. The molecule has 1 heterocycles. The Kier molecular flexibility index (Phi) is 8.76. The summed E-state index contributed by atoms with van der Waals surface area (Å²) in [6, 6.07) is 86.8. The zero-order valence-corrected chi connectivity index (χ0v) is 34.7. The van der Waals surface area contributed by atoms with Crippen LogP contribution < -0.4 is 4.90 Å². The lowest BCUT2D eigenvalue weighted by Crippen LogP contribution is -2.10. The van der Waals surface area contributed by atoms with Crippen molar-refractivity contribution in [2.24, 2.45) is 0 Å². The SMILES string of the molecule is c1ccc(-c2c(-c3ccccc3)c3cc(-c4cccc(N(c5ccc(-c6ccc7ccccc7c6)cc5)c5ccc6c(c5)sc5ccccc56)c4)ccc3c3ccccc23)cc1. The number of thiophene rings is 1. The normalized spacial score (nSPS) is 11.5. The summed E-state index contributed by atoms with van der Waals surface area (Å²) in [5, 5.41) is 10.1. The average molecular weight is 806 g/mol. The Morgan fingerprint density at radius 3 is 1.55 bits per heavy atom. The van der Waals surface area contributed by atoms with Crippen molar-refractivity contribution >= 4 is 80.9 Å². The maximum Gasteiger partial charge on any atom is 0.0476 e. The average Bonchev–Trinajstić information content (AvgIpc) is 3.72. The van der Waals surface area contributed by atoms with Gasteiger partial charge in [-0.1, -0.05) is 182 Å². The second kappa shape index (κ2) is 15.0. The predicted octanol–water partition coefficient (Wildman–Crippen LogP) is 17.7. The summed E-state index contributed by atoms with van der Waals surface area (Å²) in [6.45, 7) is 0. The molecule has 62 heavy (non-hydrogen) atoms. The van der Waals surface area contributed by atoms with E-state index in [9.17, 15) is 0 Å². The third-order valence-corrected chi connectivity index (χ3v) is 13.6. The van der Waals surface area contributed by atoms with E-state index in [0.29, 0.717) is 0 Å². The van der Waals surface area contributed by atoms with E-state index in [-0.39, 0.29) is 0 Å². The first-order chi connectivity index (χ1) is 30.7. The van der Waals surface area contributed by atoms with E-state index in [2.05, 4.69) is 241 Å². The van der Waals surface area contributed by atoms with E-state index in [1.807, 2.05) is 11.3 Å². The van der Waals surface area contributed by atoms with Crippen molar-refractivity contribution in [3.63, 3.8) is 0 Å². The molecule has 0 aliphatic rings. The molecule has 0 saturated heterocycles. The molecule has 1 nitrogen and oxygen atoms in total. The maximum absolute atomic E-state index is 2.42. The molecule has 12 aromatic rings. The van der Waals surface area contributed by atoms with Crippen molar-refractivity contribution in [3.8, 4) is 44.5 Å². The second-order valence-corrected chi connectivity index (χ2v) is 17.1. The summed E-state index contributed by atoms with van der Waals surface area (Å²) in [6.07, 6.45) is 0. The van der Waals surface area contributed by atoms with E-state index >= 15 is 0 Å². The quantitative estimate of drug-likeness (QED) is 0.145. The molecule has 12 rings (SSSR count). The van der Waals surface area contributed by atoms with Crippen LogP contribution in [0.15, 0.2) is 237 Å². The van der Waals surface area contributed by atoms with Gasteiger partial charge < -0.3 is 4.90 Å². The van der Waals surface area contributed by atoms with E-state index < -0.39 is 0 Å². The summed E-state index contributed by atoms with van der Waals surface area (Å²) >= 11 is 1.86. The molecule has 0 atom stereocenters. The number of benzene rings is 11. The van der Waals surface area contributed by atoms with Gasteiger partial charge in [-0.2, -0.15) is 0 Å². The molecule has 0 N–H and O–H groups in total. The van der Waals surface area contributed by atoms with E-state index in [0.717, 1.165) is 17.1 Å². The zero-order valence-electron chi connectivity index (χ0n) is 33.9. The summed E-state index contributed by atoms with van der Waals surface area (Å²) < 4.78 is 2.59. The lowest BCUT2D eigenvalue weighted by atomic mass is 9.84. The van der Waals surface area contributed by atoms with Gasteiger partial charge in [-0.15, -0.1) is 11.3 Å². The summed E-state index contributed by atoms with van der Waals surface area (Å²) in [7, 11) is 0. The summed E-state index contributed by atoms with van der Waals surface area (Å²) in [5.74, 6) is 0. The molecule has 290 valence electrons. The minimum absolute atomic E-state index is 1.10. The van der Waals surface area contributed by atoms with Crippen molar-refractivity contribution in [2.45, 2.75) is 0 Å². The fourth-order valence-corrected chi connectivity index (χ4v) is 10.6. The smallest absolute Gasteiger partial charge is 0.0476 e. The van der Waals surface area contributed by atoms with Crippen molar-refractivity contribution in [1.29, 1.82) is 0 Å². The number of anilines is 3. The molecular formula is C60H39NS. The Labute approximate surface area is 365 Å². The van der Waals surface area contributed by atoms with Gasteiger partial charge in [-0.3, -0.25) is 0 Å². The number of nitrogens with zero attached hydrogens (tertiary/aromatic N) is 1. The molecule has 2 heteroatoms. The van der Waals surface area contributed by atoms with Gasteiger partial charge in [0.05, 0.1) is 0 Å². The van der Waals surface area contributed by atoms with Gasteiger partial charge in [0.2, 0.25) is 0 Å². The second-order valence-electron chi connectivity index (χ2n) is 16.1. The highest BCUT2D eigenvalue weighted by Crippen LogP contribution is 2.47. The van der Waals surface area contributed by atoms with Gasteiger partial charge >= 0.3 is 0 Å². The molecule has 0 fully saturated rings. The van der Waals surface area contributed by atoms with Crippen LogP contribution in [0.25, 0.3) is 97.0 Å². The number of hydrogen-bond donors (Lipinski definition) is 0. The van der Waals surface area contributed by atoms with Crippen LogP contribution in [0.2, 0.25) is 0 Å². The van der Waals surface area contributed by atoms with Gasteiger partial charge in [-0.05, 0) is 131 Å². The first-order valence-electron chi connectivity index (χ1n) is 21.2. The highest BCUT2D eigenvalue weighted by molar-refractivity contribution is 7.25. The fraction of sp³-hybridized carbons (Fsp3) is 0. The van der Waals surface area contributed by atoms with Crippen LogP contribution in [0, 0.1) is 0 Å². The van der Waals surface area contributed by atoms with E-state index in [1.165, 1.54) is 97.0 Å². The van der Waals surface area contributed by atoms with Gasteiger partial charge in [0.15, 0.2) is 0 Å². The molecular weight excluding hydrogens is 767 g/mol. The maximum atomic E-state index is 2.42. The first kappa shape index (κ1) is 36.1. The van der Waals surface area contributed by atoms with Crippen LogP contribution in [-0.2, 0) is 0 Å². The molecule has 0 amide bonds. The third-order valence-electron chi connectivity index (χ3n) is 12.4. The van der Waals surface area contributed by atoms with Gasteiger partial charge in [0, 0.05) is 37.2 Å². The number of rotatable bonds is 7. The van der Waals surface area contributed by atoms with Crippen molar-refractivity contribution in [3.05, 3.63) is 237 Å². The molecule has 0 saturated carbocycles. The monoisotopic (exact) mass is 805 g/mol. The van der Waals surface area contributed by atoms with Crippen LogP contribution in [0.3, 0.4) is 0 Å². The highest BCUT2D eigenvalue weighted by atomic mass is 32.1. The highest BCUT2D eigenvalue weighted by Gasteiger charge is 2.20. The van der Waals surface area contributed by atoms with E-state index in [1.54, 1.807) is 0 Å². The molecule has 0 unspecified atom stereocenters. The van der Waals surface area contributed by atoms with Crippen LogP contribution in [0.5, 0.6) is 0 Å². The van der Waals surface area contributed by atoms with Crippen LogP contribution >= 0.6 is 11.3 Å². The minimum Gasteiger partial charge on any atom is -0.310 e. The Morgan fingerprint density at radius 1 is 0.242 bits per heavy atom. The number of fused-ring (bicyclic) bond motifs is 7. The van der Waals surface area contributed by atoms with Crippen LogP contribution in [0.1, 0.15) is 0 Å². The molecule has 0 radical (unpaired) electrons. The lowest BCUT2D eigenvalue weighted by Gasteiger charge is -2.26. The van der Waals surface area contributed by atoms with Gasteiger partial charge in [0.1, 0.15) is 0 Å². The number of hydrogen-bond acceptors (Lipinski definition) is 2. The minimum atomic E-state index is 1.10. The Balaban J connectivity index is 1.03. The van der Waals surface area contributed by atoms with Gasteiger partial charge in [0.25, 0.3) is 0 Å². The summed E-state index contributed by atoms with van der Waals surface area (Å²) in [5.41, 5.74) is 13.0. The standard InChI is InChI=1S/C60H39NS/c1-3-15-42(16-4-1)59-55-24-10-9-22-51(55)52-34-30-47(38-56(52)60(59)43-17-5-2-6-18-43)45-20-13-21-49(37-45)61(50-33-35-54-53-23-11-12-25-57(53)62-58(54)39-50)48-31-28-41(29-32-48)46-27-26-40-14-7-8-19-44(40)36-46/h1-39H. The largest absolute Gasteiger partial charge is 0.310 e. The fourth-order valence-electron chi connectivity index (χ4n) is 9.48. The Morgan fingerprint density at radius 2 is 0.758 bits per heavy atom. The first-order valence-corrected chi connectivity index (χ1v) is 22.1. The van der Waals surface area contributed by atoms with E-state index in [4.69, 9.17) is 0 Å². The molecule has 1 aromatic heterocycles. The van der Waals surface area contributed by atoms with Crippen LogP contribution in [0.4, 0.5) is 17.1 Å². The summed E-state index contributed by atoms with van der Waals surface area (Å²) in [4.78, 5) is 2.41. The molecule has 0 spiro atoms. The molecule has 11 aromatic carbocycles. The van der Waals surface area contributed by atoms with Gasteiger partial charge in [-0.25, -0.2) is 0 Å². The van der Waals surface area contributed by atoms with Crippen LogP contribution in [-0.4, -0.2) is 0 Å². The van der Waals surface area contributed by atoms with Crippen molar-refractivity contribution in [2.75, 3.05) is 4.90 Å². The molecule has 0 bridgehead atoms. The zero-order chi connectivity index (χ0) is 41.0. The Hall–Kier alpha value is -7.78. The third kappa shape index (κ3) is 6.24. The molecule has 0 aliphatic heterocycles. The van der Waals surface area contributed by atoms with Crippen molar-refractivity contribution in [1.82, 2.24) is 0 Å². The topological polar surface area (TPSA) is 3.24 Å². The lowest BCUT2D eigenvalue weighted by molar-refractivity contribution is 1.29.